The van der Waals surface area contributed by atoms with Crippen LogP contribution in [0, 0.1) is 0 Å². The first-order valence-corrected chi connectivity index (χ1v) is 6.84. The molecular formula is C13H22N4O2. The van der Waals surface area contributed by atoms with Gasteiger partial charge in [-0.1, -0.05) is 6.92 Å². The Morgan fingerprint density at radius 3 is 3.00 bits per heavy atom. The van der Waals surface area contributed by atoms with Crippen LogP contribution >= 0.6 is 0 Å². The molecule has 1 aromatic heterocycles. The number of nitrogens with two attached hydrogens (primary N) is 1. The van der Waals surface area contributed by atoms with Crippen LogP contribution in [0.15, 0.2) is 12.3 Å². The molecule has 0 bridgehead atoms. The van der Waals surface area contributed by atoms with E-state index in [0.717, 1.165) is 12.8 Å². The molecule has 3 unspecified atom stereocenters. The number of ether oxygens (including phenoxy) is 2. The number of hydrogen-bond donors (Lipinski definition) is 2. The number of anilines is 1. The molecule has 106 valence electrons. The molecule has 0 aliphatic heterocycles. The van der Waals surface area contributed by atoms with E-state index in [1.165, 1.54) is 0 Å². The molecule has 1 saturated carbocycles. The van der Waals surface area contributed by atoms with Gasteiger partial charge in [0.2, 0.25) is 11.8 Å². The maximum Gasteiger partial charge on any atom is 0.226 e. The Hall–Kier alpha value is -1.40. The predicted octanol–water partition coefficient (Wildman–Crippen LogP) is 1.18. The third-order valence-electron chi connectivity index (χ3n) is 3.13. The lowest BCUT2D eigenvalue weighted by Crippen LogP contribution is -2.60. The van der Waals surface area contributed by atoms with Crippen LogP contribution in [-0.2, 0) is 4.74 Å². The Balaban J connectivity index is 1.94. The van der Waals surface area contributed by atoms with Gasteiger partial charge in [0.25, 0.3) is 0 Å². The highest BCUT2D eigenvalue weighted by Crippen LogP contribution is 2.25. The second kappa shape index (κ2) is 6.68. The van der Waals surface area contributed by atoms with Crippen LogP contribution in [0.2, 0.25) is 0 Å². The molecule has 19 heavy (non-hydrogen) atoms. The molecule has 2 rings (SSSR count). The zero-order chi connectivity index (χ0) is 13.7. The van der Waals surface area contributed by atoms with Crippen molar-refractivity contribution in [2.24, 2.45) is 5.73 Å². The third kappa shape index (κ3) is 3.54. The lowest BCUT2D eigenvalue weighted by Gasteiger charge is -2.42. The smallest absolute Gasteiger partial charge is 0.226 e. The van der Waals surface area contributed by atoms with Crippen molar-refractivity contribution in [3.8, 4) is 5.88 Å². The molecule has 1 aromatic rings. The Morgan fingerprint density at radius 1 is 1.47 bits per heavy atom. The van der Waals surface area contributed by atoms with Crippen LogP contribution in [0.5, 0.6) is 5.88 Å². The molecule has 6 nitrogen and oxygen atoms in total. The maximum atomic E-state index is 5.98. The average molecular weight is 266 g/mol. The van der Waals surface area contributed by atoms with E-state index in [2.05, 4.69) is 22.2 Å². The molecule has 1 aliphatic rings. The summed E-state index contributed by atoms with van der Waals surface area (Å²) >= 11 is 0. The largest absolute Gasteiger partial charge is 0.478 e. The fourth-order valence-electron chi connectivity index (χ4n) is 2.07. The summed E-state index contributed by atoms with van der Waals surface area (Å²) in [6, 6.07) is 1.91. The van der Waals surface area contributed by atoms with Crippen LogP contribution < -0.4 is 15.8 Å². The number of nitrogens with one attached hydrogen (secondary N) is 1. The number of aromatic nitrogens is 2. The van der Waals surface area contributed by atoms with E-state index in [1.54, 1.807) is 12.3 Å². The molecule has 1 aliphatic carbocycles. The van der Waals surface area contributed by atoms with Gasteiger partial charge in [-0.3, -0.25) is 0 Å². The third-order valence-corrected chi connectivity index (χ3v) is 3.13. The maximum absolute atomic E-state index is 5.98. The summed E-state index contributed by atoms with van der Waals surface area (Å²) in [6.07, 6.45) is 3.65. The summed E-state index contributed by atoms with van der Waals surface area (Å²) < 4.78 is 11.1. The monoisotopic (exact) mass is 266 g/mol. The molecule has 0 aromatic carbocycles. The minimum atomic E-state index is 0.0707. The van der Waals surface area contributed by atoms with Crippen molar-refractivity contribution in [3.05, 3.63) is 12.3 Å². The van der Waals surface area contributed by atoms with Gasteiger partial charge in [-0.2, -0.15) is 4.98 Å². The Bertz CT molecular complexity index is 400. The van der Waals surface area contributed by atoms with E-state index in [9.17, 15) is 0 Å². The Morgan fingerprint density at radius 2 is 2.32 bits per heavy atom. The summed E-state index contributed by atoms with van der Waals surface area (Å²) in [7, 11) is 0. The minimum absolute atomic E-state index is 0.0707. The summed E-state index contributed by atoms with van der Waals surface area (Å²) in [5.41, 5.74) is 5.98. The van der Waals surface area contributed by atoms with Gasteiger partial charge in [-0.15, -0.1) is 0 Å². The van der Waals surface area contributed by atoms with Gasteiger partial charge >= 0.3 is 0 Å². The summed E-state index contributed by atoms with van der Waals surface area (Å²) in [6.45, 7) is 5.38. The number of hydrogen-bond acceptors (Lipinski definition) is 6. The van der Waals surface area contributed by atoms with Crippen molar-refractivity contribution in [1.82, 2.24) is 9.97 Å². The van der Waals surface area contributed by atoms with Crippen molar-refractivity contribution in [2.75, 3.05) is 18.5 Å². The van der Waals surface area contributed by atoms with E-state index in [-0.39, 0.29) is 18.2 Å². The molecule has 3 N–H and O–H groups in total. The number of rotatable bonds is 7. The molecular weight excluding hydrogens is 244 g/mol. The fraction of sp³-hybridized carbons (Fsp3) is 0.692. The molecule has 1 fully saturated rings. The quantitative estimate of drug-likeness (QED) is 0.771. The first-order chi connectivity index (χ1) is 9.24. The minimum Gasteiger partial charge on any atom is -0.478 e. The van der Waals surface area contributed by atoms with Gasteiger partial charge in [0.1, 0.15) is 0 Å². The van der Waals surface area contributed by atoms with Crippen molar-refractivity contribution in [1.29, 1.82) is 0 Å². The normalized spacial score (nSPS) is 25.7. The second-order valence-corrected chi connectivity index (χ2v) is 4.63. The van der Waals surface area contributed by atoms with E-state index in [1.807, 2.05) is 6.92 Å². The van der Waals surface area contributed by atoms with Crippen molar-refractivity contribution < 1.29 is 9.47 Å². The lowest BCUT2D eigenvalue weighted by atomic mass is 9.83. The summed E-state index contributed by atoms with van der Waals surface area (Å²) in [5, 5.41) is 3.23. The van der Waals surface area contributed by atoms with Gasteiger partial charge < -0.3 is 20.5 Å². The molecule has 1 heterocycles. The zero-order valence-corrected chi connectivity index (χ0v) is 11.5. The van der Waals surface area contributed by atoms with Crippen LogP contribution in [0.4, 0.5) is 5.95 Å². The van der Waals surface area contributed by atoms with Gasteiger partial charge in [0.15, 0.2) is 0 Å². The summed E-state index contributed by atoms with van der Waals surface area (Å²) in [5.74, 6) is 1.12. The molecule has 6 heteroatoms. The zero-order valence-electron chi connectivity index (χ0n) is 11.5. The fourth-order valence-corrected chi connectivity index (χ4v) is 2.07. The van der Waals surface area contributed by atoms with Crippen LogP contribution in [0.1, 0.15) is 26.7 Å². The first-order valence-electron chi connectivity index (χ1n) is 6.84. The van der Waals surface area contributed by atoms with Gasteiger partial charge in [0.05, 0.1) is 18.8 Å². The summed E-state index contributed by atoms with van der Waals surface area (Å²) in [4.78, 5) is 8.49. The van der Waals surface area contributed by atoms with E-state index in [4.69, 9.17) is 15.2 Å². The van der Waals surface area contributed by atoms with Crippen molar-refractivity contribution in [3.63, 3.8) is 0 Å². The van der Waals surface area contributed by atoms with Crippen LogP contribution in [-0.4, -0.2) is 41.4 Å². The molecule has 0 amide bonds. The Labute approximate surface area is 113 Å². The first kappa shape index (κ1) is 14.0. The number of nitrogens with zero attached hydrogens (tertiary/aromatic N) is 2. The standard InChI is InChI=1S/C13H22N4O2/c1-3-7-19-11-5-6-15-13(16-11)17-12-9(14)8-10(12)18-4-2/h5-6,9-10,12H,3-4,7-8,14H2,1-2H3,(H,15,16,17). The molecule has 0 radical (unpaired) electrons. The van der Waals surface area contributed by atoms with Crippen molar-refractivity contribution >= 4 is 5.95 Å². The Kier molecular flexibility index (Phi) is 4.93. The molecule has 0 saturated heterocycles. The van der Waals surface area contributed by atoms with Gasteiger partial charge in [-0.25, -0.2) is 4.98 Å². The predicted molar refractivity (Wildman–Crippen MR) is 73.2 cm³/mol. The second-order valence-electron chi connectivity index (χ2n) is 4.63. The molecule has 0 spiro atoms. The van der Waals surface area contributed by atoms with E-state index < -0.39 is 0 Å². The van der Waals surface area contributed by atoms with Gasteiger partial charge in [-0.05, 0) is 19.8 Å². The average Bonchev–Trinajstić information content (AvgIpc) is 2.43. The highest BCUT2D eigenvalue weighted by atomic mass is 16.5. The molecule has 3 atom stereocenters. The lowest BCUT2D eigenvalue weighted by molar-refractivity contribution is -0.0128. The van der Waals surface area contributed by atoms with Crippen molar-refractivity contribution in [2.45, 2.75) is 44.9 Å². The topological polar surface area (TPSA) is 82.3 Å². The highest BCUT2D eigenvalue weighted by Gasteiger charge is 2.39. The van der Waals surface area contributed by atoms with Crippen LogP contribution in [0.25, 0.3) is 0 Å². The van der Waals surface area contributed by atoms with E-state index in [0.29, 0.717) is 25.0 Å². The SMILES string of the molecule is CCCOc1ccnc(NC2C(N)CC2OCC)n1. The van der Waals surface area contributed by atoms with E-state index >= 15 is 0 Å². The van der Waals surface area contributed by atoms with Crippen LogP contribution in [0.3, 0.4) is 0 Å². The highest BCUT2D eigenvalue weighted by molar-refractivity contribution is 5.32. The van der Waals surface area contributed by atoms with Gasteiger partial charge in [0, 0.05) is 24.9 Å².